The van der Waals surface area contributed by atoms with Crippen molar-refractivity contribution in [3.05, 3.63) is 107 Å². The molecule has 4 aromatic rings. The third-order valence-electron chi connectivity index (χ3n) is 5.54. The Balaban J connectivity index is 1.76. The summed E-state index contributed by atoms with van der Waals surface area (Å²) in [5, 5.41) is 12.1. The molecule has 5 rings (SSSR count). The molecule has 0 fully saturated rings. The molecule has 2 nitrogen and oxygen atoms in total. The first-order chi connectivity index (χ1) is 13.2. The molecule has 0 heterocycles. The lowest BCUT2D eigenvalue weighted by Gasteiger charge is -2.24. The van der Waals surface area contributed by atoms with Crippen LogP contribution < -0.4 is 0 Å². The molecule has 130 valence electrons. The maximum absolute atomic E-state index is 12.0. The zero-order valence-corrected chi connectivity index (χ0v) is 14.8. The van der Waals surface area contributed by atoms with Gasteiger partial charge in [-0.05, 0) is 63.6 Å². The van der Waals surface area contributed by atoms with Crippen LogP contribution in [0, 0.1) is 0 Å². The first-order valence-electron chi connectivity index (χ1n) is 9.15. The van der Waals surface area contributed by atoms with Gasteiger partial charge < -0.3 is 5.11 Å². The fourth-order valence-electron chi connectivity index (χ4n) is 4.21. The molecule has 0 aliphatic heterocycles. The standard InChI is InChI=1S/C25H18O2/c26-25(27)22-12-11-20-13-18-7-3-4-8-19(18)15-23(20)24(22)21-10-9-16-5-1-2-6-17(16)14-21/h1-12,14H,13,15H2,(H,26,27). The van der Waals surface area contributed by atoms with Crippen molar-refractivity contribution in [2.45, 2.75) is 12.8 Å². The van der Waals surface area contributed by atoms with E-state index in [-0.39, 0.29) is 0 Å². The van der Waals surface area contributed by atoms with E-state index < -0.39 is 5.97 Å². The van der Waals surface area contributed by atoms with Crippen molar-refractivity contribution in [2.24, 2.45) is 0 Å². The van der Waals surface area contributed by atoms with Gasteiger partial charge in [-0.25, -0.2) is 4.79 Å². The summed E-state index contributed by atoms with van der Waals surface area (Å²) in [6.07, 6.45) is 1.63. The molecule has 0 unspecified atom stereocenters. The predicted molar refractivity (Wildman–Crippen MR) is 108 cm³/mol. The molecule has 0 radical (unpaired) electrons. The molecule has 4 aromatic carbocycles. The number of aromatic carboxylic acids is 1. The Labute approximate surface area is 157 Å². The average Bonchev–Trinajstić information content (AvgIpc) is 2.71. The van der Waals surface area contributed by atoms with Crippen LogP contribution in [-0.4, -0.2) is 11.1 Å². The van der Waals surface area contributed by atoms with Crippen LogP contribution in [0.3, 0.4) is 0 Å². The van der Waals surface area contributed by atoms with Crippen molar-refractivity contribution in [2.75, 3.05) is 0 Å². The normalized spacial score (nSPS) is 12.4. The minimum atomic E-state index is -0.875. The van der Waals surface area contributed by atoms with Gasteiger partial charge in [0.2, 0.25) is 0 Å². The first-order valence-corrected chi connectivity index (χ1v) is 9.15. The van der Waals surface area contributed by atoms with Crippen molar-refractivity contribution in [1.82, 2.24) is 0 Å². The summed E-state index contributed by atoms with van der Waals surface area (Å²) in [7, 11) is 0. The minimum Gasteiger partial charge on any atom is -0.478 e. The van der Waals surface area contributed by atoms with Crippen LogP contribution in [0.15, 0.2) is 78.9 Å². The quantitative estimate of drug-likeness (QED) is 0.443. The summed E-state index contributed by atoms with van der Waals surface area (Å²) in [5.41, 5.74) is 7.20. The molecule has 1 N–H and O–H groups in total. The summed E-state index contributed by atoms with van der Waals surface area (Å²) in [5.74, 6) is -0.875. The average molecular weight is 350 g/mol. The van der Waals surface area contributed by atoms with Crippen LogP contribution in [0.2, 0.25) is 0 Å². The molecule has 1 aliphatic carbocycles. The maximum atomic E-state index is 12.0. The van der Waals surface area contributed by atoms with Gasteiger partial charge >= 0.3 is 5.97 Å². The van der Waals surface area contributed by atoms with Crippen LogP contribution in [0.5, 0.6) is 0 Å². The van der Waals surface area contributed by atoms with E-state index in [1.807, 2.05) is 24.3 Å². The minimum absolute atomic E-state index is 0.378. The molecule has 0 atom stereocenters. The van der Waals surface area contributed by atoms with E-state index >= 15 is 0 Å². The third-order valence-corrected chi connectivity index (χ3v) is 5.54. The number of fused-ring (bicyclic) bond motifs is 3. The highest BCUT2D eigenvalue weighted by Crippen LogP contribution is 2.37. The van der Waals surface area contributed by atoms with Gasteiger partial charge in [-0.2, -0.15) is 0 Å². The second-order valence-corrected chi connectivity index (χ2v) is 7.12. The summed E-state index contributed by atoms with van der Waals surface area (Å²) in [4.78, 5) is 12.0. The highest BCUT2D eigenvalue weighted by molar-refractivity contribution is 5.99. The van der Waals surface area contributed by atoms with Gasteiger partial charge in [0, 0.05) is 5.56 Å². The van der Waals surface area contributed by atoms with Crippen molar-refractivity contribution in [1.29, 1.82) is 0 Å². The SMILES string of the molecule is O=C(O)c1ccc2c(c1-c1ccc3ccccc3c1)Cc1ccccc1C2. The van der Waals surface area contributed by atoms with Gasteiger partial charge in [0.25, 0.3) is 0 Å². The van der Waals surface area contributed by atoms with Gasteiger partial charge in [0.05, 0.1) is 5.56 Å². The van der Waals surface area contributed by atoms with E-state index in [2.05, 4.69) is 48.5 Å². The number of benzene rings is 4. The number of rotatable bonds is 2. The van der Waals surface area contributed by atoms with E-state index in [9.17, 15) is 9.90 Å². The summed E-state index contributed by atoms with van der Waals surface area (Å²) in [6, 6.07) is 26.6. The van der Waals surface area contributed by atoms with Crippen LogP contribution in [0.1, 0.15) is 32.6 Å². The Morgan fingerprint density at radius 2 is 1.41 bits per heavy atom. The lowest BCUT2D eigenvalue weighted by Crippen LogP contribution is -2.12. The van der Waals surface area contributed by atoms with Crippen molar-refractivity contribution in [3.8, 4) is 11.1 Å². The number of hydrogen-bond acceptors (Lipinski definition) is 1. The molecular weight excluding hydrogens is 332 g/mol. The zero-order valence-electron chi connectivity index (χ0n) is 14.8. The summed E-state index contributed by atoms with van der Waals surface area (Å²) < 4.78 is 0. The van der Waals surface area contributed by atoms with Crippen LogP contribution in [0.25, 0.3) is 21.9 Å². The van der Waals surface area contributed by atoms with E-state index in [0.29, 0.717) is 5.56 Å². The molecule has 0 saturated carbocycles. The van der Waals surface area contributed by atoms with Gasteiger partial charge in [-0.3, -0.25) is 0 Å². The lowest BCUT2D eigenvalue weighted by atomic mass is 9.80. The lowest BCUT2D eigenvalue weighted by molar-refractivity contribution is 0.0697. The molecule has 2 heteroatoms. The molecule has 0 saturated heterocycles. The highest BCUT2D eigenvalue weighted by Gasteiger charge is 2.23. The van der Waals surface area contributed by atoms with E-state index in [1.54, 1.807) is 6.07 Å². The van der Waals surface area contributed by atoms with Crippen LogP contribution in [-0.2, 0) is 12.8 Å². The topological polar surface area (TPSA) is 37.3 Å². The van der Waals surface area contributed by atoms with Crippen molar-refractivity contribution in [3.63, 3.8) is 0 Å². The summed E-state index contributed by atoms with van der Waals surface area (Å²) in [6.45, 7) is 0. The van der Waals surface area contributed by atoms with E-state index in [1.165, 1.54) is 16.7 Å². The number of hydrogen-bond donors (Lipinski definition) is 1. The third kappa shape index (κ3) is 2.61. The molecule has 0 aromatic heterocycles. The number of carboxylic acid groups (broad SMARTS) is 1. The Morgan fingerprint density at radius 3 is 2.19 bits per heavy atom. The molecule has 0 amide bonds. The Hall–Kier alpha value is -3.39. The monoisotopic (exact) mass is 350 g/mol. The fourth-order valence-corrected chi connectivity index (χ4v) is 4.21. The molecule has 0 bridgehead atoms. The largest absolute Gasteiger partial charge is 0.478 e. The van der Waals surface area contributed by atoms with Crippen molar-refractivity contribution >= 4 is 16.7 Å². The first kappa shape index (κ1) is 15.8. The van der Waals surface area contributed by atoms with Gasteiger partial charge in [-0.1, -0.05) is 66.7 Å². The van der Waals surface area contributed by atoms with Crippen LogP contribution in [0.4, 0.5) is 0 Å². The second kappa shape index (κ2) is 6.10. The van der Waals surface area contributed by atoms with Gasteiger partial charge in [0.15, 0.2) is 0 Å². The Bertz CT molecular complexity index is 1200. The number of carboxylic acids is 1. The number of carbonyl (C=O) groups is 1. The van der Waals surface area contributed by atoms with E-state index in [0.717, 1.165) is 40.3 Å². The molecule has 0 spiro atoms. The zero-order chi connectivity index (χ0) is 18.4. The molecule has 1 aliphatic rings. The van der Waals surface area contributed by atoms with Gasteiger partial charge in [-0.15, -0.1) is 0 Å². The smallest absolute Gasteiger partial charge is 0.336 e. The Kier molecular flexibility index (Phi) is 3.58. The second-order valence-electron chi connectivity index (χ2n) is 7.12. The van der Waals surface area contributed by atoms with Crippen LogP contribution >= 0.6 is 0 Å². The Morgan fingerprint density at radius 1 is 0.704 bits per heavy atom. The van der Waals surface area contributed by atoms with Crippen molar-refractivity contribution < 1.29 is 9.90 Å². The molecular formula is C25H18O2. The van der Waals surface area contributed by atoms with E-state index in [4.69, 9.17) is 0 Å². The fraction of sp³-hybridized carbons (Fsp3) is 0.0800. The maximum Gasteiger partial charge on any atom is 0.336 e. The predicted octanol–water partition coefficient (Wildman–Crippen LogP) is 5.70. The highest BCUT2D eigenvalue weighted by atomic mass is 16.4. The summed E-state index contributed by atoms with van der Waals surface area (Å²) >= 11 is 0. The molecule has 27 heavy (non-hydrogen) atoms. The van der Waals surface area contributed by atoms with Gasteiger partial charge in [0.1, 0.15) is 0 Å².